The summed E-state index contributed by atoms with van der Waals surface area (Å²) < 4.78 is 10.8. The maximum Gasteiger partial charge on any atom is 0.258 e. The second kappa shape index (κ2) is 9.27. The second-order valence-corrected chi connectivity index (χ2v) is 7.73. The van der Waals surface area contributed by atoms with Gasteiger partial charge in [-0.2, -0.15) is 0 Å². The van der Waals surface area contributed by atoms with Gasteiger partial charge in [-0.15, -0.1) is 0 Å². The van der Waals surface area contributed by atoms with E-state index in [-0.39, 0.29) is 5.91 Å². The zero-order valence-electron chi connectivity index (χ0n) is 18.3. The van der Waals surface area contributed by atoms with Gasteiger partial charge in [-0.3, -0.25) is 9.69 Å². The van der Waals surface area contributed by atoms with E-state index < -0.39 is 0 Å². The molecular formula is C25H29N3O3. The maximum absolute atomic E-state index is 12.8. The lowest BCUT2D eigenvalue weighted by Gasteiger charge is -2.23. The fraction of sp³-hybridized carbons (Fsp3) is 0.320. The Morgan fingerprint density at radius 2 is 1.84 bits per heavy atom. The lowest BCUT2D eigenvalue weighted by Crippen LogP contribution is -2.26. The van der Waals surface area contributed by atoms with E-state index in [4.69, 9.17) is 9.47 Å². The van der Waals surface area contributed by atoms with Crippen LogP contribution < -0.4 is 20.1 Å². The summed E-state index contributed by atoms with van der Waals surface area (Å²) in [6.07, 6.45) is 6.28. The van der Waals surface area contributed by atoms with Crippen LogP contribution in [-0.4, -0.2) is 38.1 Å². The van der Waals surface area contributed by atoms with Crippen molar-refractivity contribution in [3.63, 3.8) is 0 Å². The number of fused-ring (bicyclic) bond motifs is 1. The van der Waals surface area contributed by atoms with Crippen LogP contribution in [-0.2, 0) is 11.3 Å². The number of amides is 1. The normalized spacial score (nSPS) is 17.2. The van der Waals surface area contributed by atoms with Gasteiger partial charge in [0.15, 0.2) is 11.5 Å². The molecule has 0 aliphatic carbocycles. The Kier molecular flexibility index (Phi) is 6.28. The van der Waals surface area contributed by atoms with Gasteiger partial charge >= 0.3 is 0 Å². The van der Waals surface area contributed by atoms with Gasteiger partial charge in [0.1, 0.15) is 0 Å². The Bertz CT molecular complexity index is 1030. The van der Waals surface area contributed by atoms with Gasteiger partial charge in [0, 0.05) is 42.6 Å². The summed E-state index contributed by atoms with van der Waals surface area (Å²) in [5.41, 5.74) is 5.32. The standard InChI is InChI=1S/C25H29N3O3/c1-4-20(24-19-14-22(30-2)23(31-3)15-21(19)27-25(24)29)26-18-10-8-17(9-11-18)16-28-12-6-5-7-13-28/h5-6,8-11,14-15,26H,4,7,12-13,16H2,1-3H3,(H,27,29)/b24-20-. The van der Waals surface area contributed by atoms with Crippen molar-refractivity contribution < 1.29 is 14.3 Å². The van der Waals surface area contributed by atoms with Crippen LogP contribution in [0.15, 0.2) is 54.2 Å². The van der Waals surface area contributed by atoms with Crippen molar-refractivity contribution in [2.24, 2.45) is 0 Å². The van der Waals surface area contributed by atoms with Crippen molar-refractivity contribution >= 4 is 22.9 Å². The highest BCUT2D eigenvalue weighted by Gasteiger charge is 2.29. The highest BCUT2D eigenvalue weighted by Crippen LogP contribution is 2.42. The molecule has 0 saturated carbocycles. The molecule has 6 nitrogen and oxygen atoms in total. The van der Waals surface area contributed by atoms with E-state index in [1.165, 1.54) is 5.56 Å². The molecule has 0 spiro atoms. The topological polar surface area (TPSA) is 62.8 Å². The van der Waals surface area contributed by atoms with Crippen molar-refractivity contribution in [2.45, 2.75) is 26.3 Å². The molecule has 0 aromatic heterocycles. The molecule has 2 heterocycles. The van der Waals surface area contributed by atoms with Gasteiger partial charge in [0.05, 0.1) is 25.5 Å². The van der Waals surface area contributed by atoms with Crippen LogP contribution in [0.4, 0.5) is 11.4 Å². The molecule has 0 atom stereocenters. The average molecular weight is 420 g/mol. The molecule has 0 bridgehead atoms. The van der Waals surface area contributed by atoms with Crippen LogP contribution in [0.5, 0.6) is 11.5 Å². The van der Waals surface area contributed by atoms with Gasteiger partial charge in [-0.1, -0.05) is 31.2 Å². The molecule has 0 saturated heterocycles. The van der Waals surface area contributed by atoms with Crippen LogP contribution in [0, 0.1) is 0 Å². The zero-order chi connectivity index (χ0) is 21.8. The number of rotatable bonds is 7. The van der Waals surface area contributed by atoms with E-state index in [0.717, 1.165) is 48.7 Å². The predicted molar refractivity (Wildman–Crippen MR) is 124 cm³/mol. The molecule has 2 aliphatic heterocycles. The molecule has 1 amide bonds. The number of benzene rings is 2. The zero-order valence-corrected chi connectivity index (χ0v) is 18.3. The van der Waals surface area contributed by atoms with E-state index in [9.17, 15) is 4.79 Å². The Hall–Kier alpha value is -3.25. The van der Waals surface area contributed by atoms with Crippen LogP contribution >= 0.6 is 0 Å². The number of methoxy groups -OCH3 is 2. The van der Waals surface area contributed by atoms with E-state index in [1.54, 1.807) is 20.3 Å². The number of hydrogen-bond donors (Lipinski definition) is 2. The molecule has 4 rings (SSSR count). The minimum atomic E-state index is -0.121. The first kappa shape index (κ1) is 21.0. The second-order valence-electron chi connectivity index (χ2n) is 7.73. The third-order valence-corrected chi connectivity index (χ3v) is 5.72. The highest BCUT2D eigenvalue weighted by atomic mass is 16.5. The van der Waals surface area contributed by atoms with Crippen molar-refractivity contribution in [1.82, 2.24) is 4.90 Å². The first-order valence-electron chi connectivity index (χ1n) is 10.7. The molecule has 2 aromatic rings. The minimum absolute atomic E-state index is 0.121. The maximum atomic E-state index is 12.8. The van der Waals surface area contributed by atoms with Crippen molar-refractivity contribution in [1.29, 1.82) is 0 Å². The van der Waals surface area contributed by atoms with E-state index in [0.29, 0.717) is 23.5 Å². The number of carbonyl (C=O) groups excluding carboxylic acids is 1. The van der Waals surface area contributed by atoms with Gasteiger partial charge in [-0.05, 0) is 36.6 Å². The van der Waals surface area contributed by atoms with Gasteiger partial charge < -0.3 is 20.1 Å². The third-order valence-electron chi connectivity index (χ3n) is 5.72. The molecule has 0 unspecified atom stereocenters. The quantitative estimate of drug-likeness (QED) is 0.505. The molecular weight excluding hydrogens is 390 g/mol. The molecule has 6 heteroatoms. The Labute approximate surface area is 183 Å². The number of anilines is 2. The lowest BCUT2D eigenvalue weighted by molar-refractivity contribution is -0.110. The molecule has 162 valence electrons. The molecule has 2 aromatic carbocycles. The number of carbonyl (C=O) groups is 1. The molecule has 0 radical (unpaired) electrons. The van der Waals surface area contributed by atoms with E-state index in [1.807, 2.05) is 13.0 Å². The van der Waals surface area contributed by atoms with Crippen molar-refractivity contribution in [3.05, 3.63) is 65.4 Å². The lowest BCUT2D eigenvalue weighted by atomic mass is 10.0. The van der Waals surface area contributed by atoms with Crippen LogP contribution in [0.1, 0.15) is 30.9 Å². The first-order valence-corrected chi connectivity index (χ1v) is 10.7. The summed E-state index contributed by atoms with van der Waals surface area (Å²) in [6.45, 7) is 5.10. The Balaban J connectivity index is 1.57. The first-order chi connectivity index (χ1) is 15.1. The van der Waals surface area contributed by atoms with Gasteiger partial charge in [-0.25, -0.2) is 0 Å². The summed E-state index contributed by atoms with van der Waals surface area (Å²) in [4.78, 5) is 15.2. The SMILES string of the molecule is CC/C(Nc1ccc(CN2CC=CCC2)cc1)=C1/C(=O)Nc2cc(OC)c(OC)cc21. The number of nitrogens with zero attached hydrogens (tertiary/aromatic N) is 1. The van der Waals surface area contributed by atoms with Gasteiger partial charge in [0.25, 0.3) is 5.91 Å². The monoisotopic (exact) mass is 419 g/mol. The molecule has 2 N–H and O–H groups in total. The van der Waals surface area contributed by atoms with Crippen molar-refractivity contribution in [3.8, 4) is 11.5 Å². The number of allylic oxidation sites excluding steroid dienone is 1. The summed E-state index contributed by atoms with van der Waals surface area (Å²) in [5, 5.41) is 6.41. The van der Waals surface area contributed by atoms with Crippen LogP contribution in [0.25, 0.3) is 5.57 Å². The van der Waals surface area contributed by atoms with Crippen LogP contribution in [0.2, 0.25) is 0 Å². The van der Waals surface area contributed by atoms with Crippen molar-refractivity contribution in [2.75, 3.05) is 37.9 Å². The number of hydrogen-bond acceptors (Lipinski definition) is 5. The molecule has 31 heavy (non-hydrogen) atoms. The summed E-state index contributed by atoms with van der Waals surface area (Å²) in [6, 6.07) is 12.1. The number of nitrogens with one attached hydrogen (secondary N) is 2. The fourth-order valence-corrected chi connectivity index (χ4v) is 4.08. The average Bonchev–Trinajstić information content (AvgIpc) is 3.12. The summed E-state index contributed by atoms with van der Waals surface area (Å²) in [5.74, 6) is 1.07. The molecule has 2 aliphatic rings. The minimum Gasteiger partial charge on any atom is -0.493 e. The summed E-state index contributed by atoms with van der Waals surface area (Å²) >= 11 is 0. The summed E-state index contributed by atoms with van der Waals surface area (Å²) in [7, 11) is 3.18. The largest absolute Gasteiger partial charge is 0.493 e. The smallest absolute Gasteiger partial charge is 0.258 e. The Morgan fingerprint density at radius 1 is 1.10 bits per heavy atom. The highest BCUT2D eigenvalue weighted by molar-refractivity contribution is 6.32. The molecule has 0 fully saturated rings. The number of ether oxygens (including phenoxy) is 2. The van der Waals surface area contributed by atoms with Gasteiger partial charge in [0.2, 0.25) is 0 Å². The van der Waals surface area contributed by atoms with E-state index >= 15 is 0 Å². The predicted octanol–water partition coefficient (Wildman–Crippen LogP) is 4.65. The Morgan fingerprint density at radius 3 is 2.48 bits per heavy atom. The third kappa shape index (κ3) is 4.44. The van der Waals surface area contributed by atoms with E-state index in [2.05, 4.69) is 52.0 Å². The van der Waals surface area contributed by atoms with Crippen LogP contribution in [0.3, 0.4) is 0 Å². The fourth-order valence-electron chi connectivity index (χ4n) is 4.08.